The van der Waals surface area contributed by atoms with Crippen LogP contribution in [0.5, 0.6) is 0 Å². The minimum atomic E-state index is -0.551. The number of nitrogens with zero attached hydrogens (tertiary/aromatic N) is 2. The van der Waals surface area contributed by atoms with Crippen LogP contribution in [0.15, 0.2) is 252 Å². The largest absolute Gasteiger partial charge is 0.310 e. The maximum Gasteiger partial charge on any atom is 0.0764 e. The van der Waals surface area contributed by atoms with Crippen LogP contribution in [-0.4, -0.2) is 4.57 Å². The Morgan fingerprint density at radius 1 is 0.359 bits per heavy atom. The lowest BCUT2D eigenvalue weighted by Gasteiger charge is -2.45. The zero-order chi connectivity index (χ0) is 42.2. The molecule has 13 rings (SSSR count). The fourth-order valence-corrected chi connectivity index (χ4v) is 11.9. The van der Waals surface area contributed by atoms with Gasteiger partial charge in [-0.05, 0) is 105 Å². The van der Waals surface area contributed by atoms with E-state index in [0.717, 1.165) is 17.1 Å². The number of para-hydroxylation sites is 3. The van der Waals surface area contributed by atoms with Crippen LogP contribution in [0.3, 0.4) is 0 Å². The van der Waals surface area contributed by atoms with Crippen molar-refractivity contribution in [1.82, 2.24) is 4.57 Å². The Morgan fingerprint density at radius 3 is 1.70 bits per heavy atom. The Bertz CT molecular complexity index is 3580. The van der Waals surface area contributed by atoms with Gasteiger partial charge in [-0.1, -0.05) is 200 Å². The molecule has 1 aromatic heterocycles. The predicted octanol–water partition coefficient (Wildman–Crippen LogP) is 16.4. The third kappa shape index (κ3) is 5.48. The van der Waals surface area contributed by atoms with Gasteiger partial charge in [0.1, 0.15) is 0 Å². The molecule has 10 aromatic carbocycles. The molecule has 3 heteroatoms. The molecule has 64 heavy (non-hydrogen) atoms. The lowest BCUT2D eigenvalue weighted by Crippen LogP contribution is -2.37. The number of rotatable bonds is 6. The molecule has 0 saturated carbocycles. The topological polar surface area (TPSA) is 8.17 Å². The summed E-state index contributed by atoms with van der Waals surface area (Å²) in [6.45, 7) is 0. The highest BCUT2D eigenvalue weighted by atomic mass is 32.2. The molecule has 0 aliphatic carbocycles. The summed E-state index contributed by atoms with van der Waals surface area (Å²) in [6, 6.07) is 89.6. The minimum absolute atomic E-state index is 0.551. The smallest absolute Gasteiger partial charge is 0.0764 e. The Hall–Kier alpha value is -7.85. The van der Waals surface area contributed by atoms with Crippen LogP contribution < -0.4 is 4.90 Å². The standard InChI is InChI=1S/C61H40N2S/c1-4-17-41(18-5-1)43-31-34-46(35-32-43)62(56-38-33-45(42-19-6-2-7-20-42)39-50(56)44-21-8-3-9-22-44)47-36-37-53-59(40-47)64-58-30-15-12-26-52(58)61(53)51-25-11-14-29-57(51)63-55-28-13-10-23-48(55)49-24-16-27-54(61)60(49)63/h1-40H. The fourth-order valence-electron chi connectivity index (χ4n) is 10.7. The van der Waals surface area contributed by atoms with Crippen molar-refractivity contribution in [3.8, 4) is 39.1 Å². The van der Waals surface area contributed by atoms with Crippen LogP contribution >= 0.6 is 11.8 Å². The SMILES string of the molecule is c1ccc(-c2ccc(N(c3ccc4c(c3)Sc3ccccc3C43c4ccccc4-n4c5ccccc5c5cccc3c54)c3ccc(-c4ccccc4)cc3-c3ccccc3)cc2)cc1. The van der Waals surface area contributed by atoms with E-state index in [1.807, 2.05) is 11.8 Å². The molecular formula is C61H40N2S. The van der Waals surface area contributed by atoms with Crippen molar-refractivity contribution in [2.45, 2.75) is 15.2 Å². The predicted molar refractivity (Wildman–Crippen MR) is 268 cm³/mol. The van der Waals surface area contributed by atoms with E-state index in [4.69, 9.17) is 0 Å². The molecule has 0 amide bonds. The van der Waals surface area contributed by atoms with Gasteiger partial charge in [-0.3, -0.25) is 0 Å². The van der Waals surface area contributed by atoms with E-state index in [2.05, 4.69) is 252 Å². The lowest BCUT2D eigenvalue weighted by molar-refractivity contribution is 0.689. The molecule has 0 bridgehead atoms. The summed E-state index contributed by atoms with van der Waals surface area (Å²) >= 11 is 1.89. The van der Waals surface area contributed by atoms with E-state index < -0.39 is 5.41 Å². The van der Waals surface area contributed by atoms with Crippen molar-refractivity contribution in [3.63, 3.8) is 0 Å². The molecule has 11 aromatic rings. The molecule has 3 heterocycles. The second kappa shape index (κ2) is 14.6. The second-order valence-corrected chi connectivity index (χ2v) is 17.9. The van der Waals surface area contributed by atoms with Gasteiger partial charge in [0, 0.05) is 37.5 Å². The van der Waals surface area contributed by atoms with Gasteiger partial charge in [-0.25, -0.2) is 0 Å². The lowest BCUT2D eigenvalue weighted by atomic mass is 9.63. The summed E-state index contributed by atoms with van der Waals surface area (Å²) in [5.74, 6) is 0. The first-order valence-electron chi connectivity index (χ1n) is 22.0. The third-order valence-corrected chi connectivity index (χ3v) is 14.6. The van der Waals surface area contributed by atoms with E-state index in [1.165, 1.54) is 92.9 Å². The van der Waals surface area contributed by atoms with Crippen molar-refractivity contribution in [1.29, 1.82) is 0 Å². The number of fused-ring (bicyclic) bond motifs is 11. The maximum atomic E-state index is 2.52. The van der Waals surface area contributed by atoms with Crippen LogP contribution in [0.4, 0.5) is 17.1 Å². The van der Waals surface area contributed by atoms with Crippen molar-refractivity contribution in [2.75, 3.05) is 4.90 Å². The highest BCUT2D eigenvalue weighted by Crippen LogP contribution is 2.61. The van der Waals surface area contributed by atoms with Crippen molar-refractivity contribution in [2.24, 2.45) is 0 Å². The van der Waals surface area contributed by atoms with Crippen LogP contribution in [0.2, 0.25) is 0 Å². The fraction of sp³-hybridized carbons (Fsp3) is 0.0164. The van der Waals surface area contributed by atoms with E-state index in [9.17, 15) is 0 Å². The highest BCUT2D eigenvalue weighted by Gasteiger charge is 2.49. The molecule has 2 aliphatic heterocycles. The van der Waals surface area contributed by atoms with Gasteiger partial charge in [-0.15, -0.1) is 0 Å². The van der Waals surface area contributed by atoms with E-state index in [0.29, 0.717) is 0 Å². The monoisotopic (exact) mass is 832 g/mol. The molecule has 1 spiro atoms. The summed E-state index contributed by atoms with van der Waals surface area (Å²) in [5, 5.41) is 2.56. The van der Waals surface area contributed by atoms with Gasteiger partial charge in [0.05, 0.1) is 27.8 Å². The van der Waals surface area contributed by atoms with Crippen LogP contribution in [0.25, 0.3) is 60.9 Å². The molecular weight excluding hydrogens is 793 g/mol. The van der Waals surface area contributed by atoms with Crippen LogP contribution in [0.1, 0.15) is 22.3 Å². The van der Waals surface area contributed by atoms with Gasteiger partial charge in [-0.2, -0.15) is 0 Å². The summed E-state index contributed by atoms with van der Waals surface area (Å²) in [5.41, 5.74) is 18.9. The average Bonchev–Trinajstić information content (AvgIpc) is 3.71. The number of aromatic nitrogens is 1. The van der Waals surface area contributed by atoms with Gasteiger partial charge in [0.2, 0.25) is 0 Å². The van der Waals surface area contributed by atoms with Crippen LogP contribution in [-0.2, 0) is 5.41 Å². The Kier molecular flexibility index (Phi) is 8.40. The number of anilines is 3. The zero-order valence-electron chi connectivity index (χ0n) is 34.9. The summed E-state index contributed by atoms with van der Waals surface area (Å²) in [7, 11) is 0. The van der Waals surface area contributed by atoms with Gasteiger partial charge < -0.3 is 9.47 Å². The summed E-state index contributed by atoms with van der Waals surface area (Å²) < 4.78 is 2.52. The van der Waals surface area contributed by atoms with Crippen molar-refractivity contribution in [3.05, 3.63) is 265 Å². The average molecular weight is 833 g/mol. The Labute approximate surface area is 377 Å². The van der Waals surface area contributed by atoms with Gasteiger partial charge in [0.15, 0.2) is 0 Å². The first-order valence-corrected chi connectivity index (χ1v) is 22.8. The summed E-state index contributed by atoms with van der Waals surface area (Å²) in [4.78, 5) is 4.99. The van der Waals surface area contributed by atoms with Gasteiger partial charge in [0.25, 0.3) is 0 Å². The molecule has 2 nitrogen and oxygen atoms in total. The maximum absolute atomic E-state index is 2.52. The Morgan fingerprint density at radius 2 is 0.922 bits per heavy atom. The molecule has 1 unspecified atom stereocenters. The first-order chi connectivity index (χ1) is 31.8. The zero-order valence-corrected chi connectivity index (χ0v) is 35.7. The van der Waals surface area contributed by atoms with E-state index in [1.54, 1.807) is 0 Å². The normalized spacial score (nSPS) is 14.6. The van der Waals surface area contributed by atoms with E-state index in [-0.39, 0.29) is 0 Å². The van der Waals surface area contributed by atoms with Gasteiger partial charge >= 0.3 is 0 Å². The van der Waals surface area contributed by atoms with E-state index >= 15 is 0 Å². The minimum Gasteiger partial charge on any atom is -0.310 e. The van der Waals surface area contributed by atoms with Crippen LogP contribution in [0, 0.1) is 0 Å². The molecule has 0 fully saturated rings. The molecule has 1 atom stereocenters. The molecule has 0 N–H and O–H groups in total. The number of hydrogen-bond donors (Lipinski definition) is 0. The highest BCUT2D eigenvalue weighted by molar-refractivity contribution is 7.99. The molecule has 2 aliphatic rings. The number of hydrogen-bond acceptors (Lipinski definition) is 2. The third-order valence-electron chi connectivity index (χ3n) is 13.4. The molecule has 0 radical (unpaired) electrons. The number of benzene rings is 10. The summed E-state index contributed by atoms with van der Waals surface area (Å²) in [6.07, 6.45) is 0. The quantitative estimate of drug-likeness (QED) is 0.165. The Balaban J connectivity index is 1.07. The van der Waals surface area contributed by atoms with Crippen molar-refractivity contribution >= 4 is 50.6 Å². The first kappa shape index (κ1) is 36.8. The molecule has 300 valence electrons. The second-order valence-electron chi connectivity index (χ2n) is 16.8. The van der Waals surface area contributed by atoms with Crippen molar-refractivity contribution < 1.29 is 0 Å². The molecule has 0 saturated heterocycles.